The number of H-pyrrole nitrogens is 1. The van der Waals surface area contributed by atoms with Crippen molar-refractivity contribution >= 4 is 84.6 Å². The van der Waals surface area contributed by atoms with Crippen LogP contribution in [-0.2, 0) is 26.4 Å². The summed E-state index contributed by atoms with van der Waals surface area (Å²) in [6, 6.07) is 95.5. The number of anilines is 4. The highest BCUT2D eigenvalue weighted by atomic mass is 35.5. The van der Waals surface area contributed by atoms with Crippen LogP contribution < -0.4 is 40.6 Å². The summed E-state index contributed by atoms with van der Waals surface area (Å²) in [5.74, 6) is 5.48. The van der Waals surface area contributed by atoms with Crippen molar-refractivity contribution in [1.82, 2.24) is 39.7 Å². The first-order valence-corrected chi connectivity index (χ1v) is 45.4. The van der Waals surface area contributed by atoms with Crippen molar-refractivity contribution in [1.29, 1.82) is 0 Å². The zero-order chi connectivity index (χ0) is 89.4. The number of nitrogens with one attached hydrogen (secondary N) is 4. The van der Waals surface area contributed by atoms with Gasteiger partial charge in [0, 0.05) is 57.7 Å². The highest BCUT2D eigenvalue weighted by molar-refractivity contribution is 6.67. The smallest absolute Gasteiger partial charge is 0.255 e. The number of rotatable bonds is 24. The van der Waals surface area contributed by atoms with Gasteiger partial charge in [-0.05, 0) is 242 Å². The van der Waals surface area contributed by atoms with Crippen LogP contribution in [-0.4, -0.2) is 63.0 Å². The van der Waals surface area contributed by atoms with E-state index in [0.29, 0.717) is 102 Å². The van der Waals surface area contributed by atoms with Crippen molar-refractivity contribution in [2.24, 2.45) is 0 Å². The molecule has 6 N–H and O–H groups in total. The molecule has 0 spiro atoms. The number of amides is 1. The van der Waals surface area contributed by atoms with E-state index < -0.39 is 5.24 Å². The van der Waals surface area contributed by atoms with E-state index in [4.69, 9.17) is 66.0 Å². The third kappa shape index (κ3) is 25.1. The molecule has 4 fully saturated rings. The van der Waals surface area contributed by atoms with Gasteiger partial charge in [-0.1, -0.05) is 217 Å². The van der Waals surface area contributed by atoms with Gasteiger partial charge in [-0.3, -0.25) is 9.59 Å². The molecule has 0 saturated heterocycles. The topological polar surface area (TPSA) is 236 Å². The van der Waals surface area contributed by atoms with Gasteiger partial charge in [-0.15, -0.1) is 10.2 Å². The highest BCUT2D eigenvalue weighted by Crippen LogP contribution is 2.41. The SMILES string of the molecule is O=C(Cl)c1ccc(OCc2ccccc2)cc1.[C-]#[N+]c1ccc(NC2CCCCC2)c(N)c1.[C-]#[N+]c1ccc(NC2CCCCC2)c(NC(=O)c2ccc(OCc3ccccc3)cc2)c1.[C-]#[N+]c1ccc2c(c1)nc(-c1ccc(OCc3ccccc3)cc1)n2C1CCCCC1.c1ccc(COc2ccc(-c3nc4cc(-c5nn[nH]n5)ccc4n3C3CCCCC3)cc2)cc1. The Morgan fingerprint density at radius 2 is 0.754 bits per heavy atom. The molecular weight excluding hydrogens is 1640 g/mol. The fraction of sp³-hybridized carbons (Fsp3) is 0.259. The Bertz CT molecular complexity index is 6280. The van der Waals surface area contributed by atoms with Crippen molar-refractivity contribution in [2.75, 3.05) is 21.7 Å². The molecule has 22 heteroatoms. The minimum absolute atomic E-state index is 0.214. The molecule has 130 heavy (non-hydrogen) atoms. The molecule has 12 aromatic carbocycles. The Labute approximate surface area is 764 Å². The van der Waals surface area contributed by atoms with E-state index in [1.807, 2.05) is 152 Å². The second-order valence-corrected chi connectivity index (χ2v) is 33.4. The van der Waals surface area contributed by atoms with Crippen LogP contribution in [0.2, 0.25) is 0 Å². The number of aromatic amines is 1. The molecule has 0 aliphatic heterocycles. The predicted molar refractivity (Wildman–Crippen MR) is 519 cm³/mol. The number of benzene rings is 12. The van der Waals surface area contributed by atoms with Crippen molar-refractivity contribution < 1.29 is 28.5 Å². The van der Waals surface area contributed by atoms with E-state index in [1.165, 1.54) is 116 Å². The second kappa shape index (κ2) is 46.0. The molecule has 4 aliphatic carbocycles. The minimum Gasteiger partial charge on any atom is -0.489 e. The van der Waals surface area contributed by atoms with Crippen LogP contribution in [0.3, 0.4) is 0 Å². The van der Waals surface area contributed by atoms with Gasteiger partial charge < -0.3 is 49.8 Å². The number of hydrogen-bond acceptors (Lipinski definition) is 14. The van der Waals surface area contributed by atoms with Crippen LogP contribution in [0.4, 0.5) is 39.8 Å². The van der Waals surface area contributed by atoms with Crippen LogP contribution in [0.15, 0.2) is 291 Å². The first-order valence-electron chi connectivity index (χ1n) is 45.0. The van der Waals surface area contributed by atoms with E-state index in [0.717, 1.165) is 114 Å². The molecule has 19 rings (SSSR count). The molecule has 0 atom stereocenters. The van der Waals surface area contributed by atoms with Gasteiger partial charge in [0.15, 0.2) is 17.1 Å². The van der Waals surface area contributed by atoms with Crippen molar-refractivity contribution in [3.63, 3.8) is 0 Å². The third-order valence-corrected chi connectivity index (χ3v) is 24.1. The summed E-state index contributed by atoms with van der Waals surface area (Å²) in [4.78, 5) is 44.3. The number of carbonyl (C=O) groups is 2. The predicted octanol–water partition coefficient (Wildman–Crippen LogP) is 27.3. The normalized spacial score (nSPS) is 14.0. The van der Waals surface area contributed by atoms with Crippen LogP contribution in [0.5, 0.6) is 23.0 Å². The number of halogens is 1. The minimum atomic E-state index is -0.459. The third-order valence-electron chi connectivity index (χ3n) is 23.9. The molecule has 4 saturated carbocycles. The average molecular weight is 1750 g/mol. The lowest BCUT2D eigenvalue weighted by molar-refractivity contribution is 0.102. The summed E-state index contributed by atoms with van der Waals surface area (Å²) in [5.41, 5.74) is 23.5. The number of hydrogen-bond donors (Lipinski definition) is 5. The maximum absolute atomic E-state index is 12.9. The molecule has 0 radical (unpaired) electrons. The molecule has 4 aliphatic rings. The second-order valence-electron chi connectivity index (χ2n) is 33.0. The molecule has 0 unspecified atom stereocenters. The Hall–Kier alpha value is -14.9. The van der Waals surface area contributed by atoms with E-state index in [-0.39, 0.29) is 5.91 Å². The molecule has 15 aromatic rings. The highest BCUT2D eigenvalue weighted by Gasteiger charge is 2.26. The zero-order valence-electron chi connectivity index (χ0n) is 72.9. The average Bonchev–Trinajstić information content (AvgIpc) is 1.62. The number of aromatic nitrogens is 8. The number of tetrazole rings is 1. The van der Waals surface area contributed by atoms with Crippen LogP contribution in [0.25, 0.3) is 70.8 Å². The van der Waals surface area contributed by atoms with E-state index in [2.05, 4.69) is 133 Å². The summed E-state index contributed by atoms with van der Waals surface area (Å²) >= 11 is 5.35. The fourth-order valence-corrected chi connectivity index (χ4v) is 17.1. The maximum Gasteiger partial charge on any atom is 0.255 e. The number of imidazole rings is 2. The number of nitrogens with zero attached hydrogens (tertiary/aromatic N) is 10. The van der Waals surface area contributed by atoms with Gasteiger partial charge in [0.25, 0.3) is 11.1 Å². The summed E-state index contributed by atoms with van der Waals surface area (Å²) < 4.78 is 28.2. The molecule has 21 nitrogen and oxygen atoms in total. The number of ether oxygens (including phenoxy) is 4. The van der Waals surface area contributed by atoms with Gasteiger partial charge in [0.2, 0.25) is 5.82 Å². The molecular formula is C108H106ClN15O6. The van der Waals surface area contributed by atoms with E-state index in [9.17, 15) is 9.59 Å². The fourth-order valence-electron chi connectivity index (χ4n) is 17.0. The Kier molecular flexibility index (Phi) is 31.9. The summed E-state index contributed by atoms with van der Waals surface area (Å²) in [5, 5.41) is 24.0. The Morgan fingerprint density at radius 3 is 1.16 bits per heavy atom. The monoisotopic (exact) mass is 1740 g/mol. The number of nitrogen functional groups attached to an aromatic ring is 1. The largest absolute Gasteiger partial charge is 0.489 e. The molecule has 656 valence electrons. The summed E-state index contributed by atoms with van der Waals surface area (Å²) in [7, 11) is 0. The van der Waals surface area contributed by atoms with Crippen molar-refractivity contribution in [3.8, 4) is 57.2 Å². The van der Waals surface area contributed by atoms with Crippen molar-refractivity contribution in [2.45, 2.75) is 179 Å². The lowest BCUT2D eigenvalue weighted by Crippen LogP contribution is -2.23. The van der Waals surface area contributed by atoms with Crippen LogP contribution in [0, 0.1) is 19.7 Å². The Balaban J connectivity index is 0.000000128. The number of nitrogens with two attached hydrogens (primary N) is 1. The molecule has 3 aromatic heterocycles. The summed E-state index contributed by atoms with van der Waals surface area (Å²) in [6.07, 6.45) is 24.8. The number of carbonyl (C=O) groups excluding carboxylic acids is 2. The van der Waals surface area contributed by atoms with Gasteiger partial charge in [-0.2, -0.15) is 5.21 Å². The van der Waals surface area contributed by atoms with Crippen molar-refractivity contribution in [3.05, 3.63) is 359 Å². The van der Waals surface area contributed by atoms with E-state index >= 15 is 0 Å². The standard InChI is InChI=1S/C27H26N6O.C27H27N3O2.C27H25N3O.C14H11ClO2.C13H17N3/c1-3-7-19(8-4-1)18-34-23-14-11-20(12-15-23)27-28-24-17-21(26-29-31-32-30-26)13-16-25(24)33(27)22-9-5-2-6-10-22;1-28-23-14-17-25(29-22-10-6-3-7-11-22)26(18-23)30-27(31)21-12-15-24(16-13-21)32-19-20-8-4-2-5-9-20;1-28-22-14-17-26-25(18-22)29-27(30(26)23-10-6-3-7-11-23)21-12-15-24(16-13-21)31-19-20-8-4-2-5-9-20;15-14(16)12-6-8-13(9-7-12)17-10-11-4-2-1-3-5-11;1-15-11-7-8-13(12(14)9-11)16-10-5-3-2-4-6-10/h1,3-4,7-8,11-17,22H,2,5-6,9-10,18H2,(H,29,30,31,32);2,4-5,8-9,12-18,22,29H,3,6-7,10-11,19H2,(H,30,31);2,4-5,8-9,12-18,23H,3,6-7,10-11,19H2;1-9H,10H2;7-10,16H,2-6,14H2. The first-order chi connectivity index (χ1) is 63.9. The van der Waals surface area contributed by atoms with Gasteiger partial charge in [0.1, 0.15) is 61.1 Å². The molecule has 0 bridgehead atoms. The number of fused-ring (bicyclic) bond motifs is 2. The van der Waals surface area contributed by atoms with Crippen LogP contribution >= 0.6 is 11.6 Å². The lowest BCUT2D eigenvalue weighted by Gasteiger charge is -2.25. The van der Waals surface area contributed by atoms with E-state index in [1.54, 1.807) is 66.7 Å². The molecule has 1 amide bonds. The van der Waals surface area contributed by atoms with Crippen LogP contribution in [0.1, 0.15) is 183 Å². The van der Waals surface area contributed by atoms with Gasteiger partial charge >= 0.3 is 0 Å². The lowest BCUT2D eigenvalue weighted by atomic mass is 9.95. The Morgan fingerprint density at radius 1 is 0.392 bits per heavy atom. The zero-order valence-corrected chi connectivity index (χ0v) is 73.6. The first kappa shape index (κ1) is 90.0. The quantitative estimate of drug-likeness (QED) is 0.0215. The molecule has 3 heterocycles. The maximum atomic E-state index is 12.9. The summed E-state index contributed by atoms with van der Waals surface area (Å²) in [6.45, 7) is 23.7. The van der Waals surface area contributed by atoms with Gasteiger partial charge in [0.05, 0.1) is 58.8 Å². The van der Waals surface area contributed by atoms with Gasteiger partial charge in [-0.25, -0.2) is 24.5 Å².